The molecule has 2 aromatic rings. The minimum Gasteiger partial charge on any atom is -0.350 e. The minimum absolute atomic E-state index is 0.0429. The van der Waals surface area contributed by atoms with Crippen molar-refractivity contribution in [2.45, 2.75) is 63.8 Å². The summed E-state index contributed by atoms with van der Waals surface area (Å²) in [4.78, 5) is 19.6. The van der Waals surface area contributed by atoms with Crippen LogP contribution in [0.25, 0.3) is 0 Å². The zero-order chi connectivity index (χ0) is 17.1. The topological polar surface area (TPSA) is 59.2 Å². The third kappa shape index (κ3) is 3.46. The SMILES string of the molecule is O=C(c1onc2c1CCCC2)N1CCCCC1CCc1ccccn1. The molecule has 1 aliphatic heterocycles. The van der Waals surface area contributed by atoms with Crippen LogP contribution in [-0.4, -0.2) is 33.5 Å². The van der Waals surface area contributed by atoms with Gasteiger partial charge in [-0.3, -0.25) is 9.78 Å². The molecule has 1 aliphatic carbocycles. The lowest BCUT2D eigenvalue weighted by molar-refractivity contribution is 0.0558. The highest BCUT2D eigenvalue weighted by Gasteiger charge is 2.32. The maximum atomic E-state index is 13.1. The minimum atomic E-state index is 0.0429. The molecule has 1 atom stereocenters. The number of carbonyl (C=O) groups is 1. The first kappa shape index (κ1) is 16.3. The average molecular weight is 339 g/mol. The third-order valence-electron chi connectivity index (χ3n) is 5.50. The lowest BCUT2D eigenvalue weighted by atomic mass is 9.94. The van der Waals surface area contributed by atoms with Gasteiger partial charge >= 0.3 is 0 Å². The molecule has 5 nitrogen and oxygen atoms in total. The molecule has 1 fully saturated rings. The number of aryl methyl sites for hydroxylation is 2. The molecule has 0 N–H and O–H groups in total. The standard InChI is InChI=1S/C20H25N3O2/c24-20(19-17-9-1-2-10-18(17)22-25-19)23-14-6-4-8-16(23)12-11-15-7-3-5-13-21-15/h3,5,7,13,16H,1-2,4,6,8-12,14H2. The van der Waals surface area contributed by atoms with Gasteiger partial charge in [0.15, 0.2) is 0 Å². The van der Waals surface area contributed by atoms with Gasteiger partial charge in [-0.15, -0.1) is 0 Å². The normalized spacial score (nSPS) is 20.3. The number of nitrogens with zero attached hydrogens (tertiary/aromatic N) is 3. The number of carbonyl (C=O) groups excluding carboxylic acids is 1. The molecule has 1 unspecified atom stereocenters. The largest absolute Gasteiger partial charge is 0.350 e. The number of likely N-dealkylation sites (tertiary alicyclic amines) is 1. The van der Waals surface area contributed by atoms with Gasteiger partial charge in [0.1, 0.15) is 0 Å². The van der Waals surface area contributed by atoms with E-state index in [1.165, 1.54) is 6.42 Å². The average Bonchev–Trinajstić information content (AvgIpc) is 3.11. The van der Waals surface area contributed by atoms with Crippen LogP contribution >= 0.6 is 0 Å². The van der Waals surface area contributed by atoms with E-state index in [9.17, 15) is 4.79 Å². The van der Waals surface area contributed by atoms with Crippen molar-refractivity contribution in [3.8, 4) is 0 Å². The molecule has 1 saturated heterocycles. The fourth-order valence-electron chi connectivity index (χ4n) is 4.12. The van der Waals surface area contributed by atoms with Crippen LogP contribution in [0.2, 0.25) is 0 Å². The quantitative estimate of drug-likeness (QED) is 0.854. The second kappa shape index (κ2) is 7.38. The van der Waals surface area contributed by atoms with Crippen LogP contribution in [0.4, 0.5) is 0 Å². The zero-order valence-electron chi connectivity index (χ0n) is 14.6. The molecule has 2 aliphatic rings. The molecule has 132 valence electrons. The lowest BCUT2D eigenvalue weighted by Crippen LogP contribution is -2.44. The second-order valence-corrected chi connectivity index (χ2v) is 7.15. The summed E-state index contributed by atoms with van der Waals surface area (Å²) in [6, 6.07) is 6.29. The predicted octanol–water partition coefficient (Wildman–Crippen LogP) is 3.58. The third-order valence-corrected chi connectivity index (χ3v) is 5.50. The summed E-state index contributed by atoms with van der Waals surface area (Å²) in [6.07, 6.45) is 11.1. The number of aromatic nitrogens is 2. The molecule has 0 bridgehead atoms. The summed E-state index contributed by atoms with van der Waals surface area (Å²) < 4.78 is 5.49. The molecule has 25 heavy (non-hydrogen) atoms. The van der Waals surface area contributed by atoms with Crippen molar-refractivity contribution in [2.75, 3.05) is 6.54 Å². The maximum absolute atomic E-state index is 13.1. The van der Waals surface area contributed by atoms with Crippen molar-refractivity contribution >= 4 is 5.91 Å². The van der Waals surface area contributed by atoms with Crippen molar-refractivity contribution < 1.29 is 9.32 Å². The van der Waals surface area contributed by atoms with E-state index in [2.05, 4.69) is 16.2 Å². The van der Waals surface area contributed by atoms with Crippen molar-refractivity contribution in [3.05, 3.63) is 47.1 Å². The first-order valence-corrected chi connectivity index (χ1v) is 9.51. The fraction of sp³-hybridized carbons (Fsp3) is 0.550. The predicted molar refractivity (Wildman–Crippen MR) is 94.4 cm³/mol. The smallest absolute Gasteiger partial charge is 0.293 e. The van der Waals surface area contributed by atoms with Gasteiger partial charge in [0.05, 0.1) is 5.69 Å². The first-order chi connectivity index (χ1) is 12.3. The van der Waals surface area contributed by atoms with E-state index in [1.807, 2.05) is 23.2 Å². The summed E-state index contributed by atoms with van der Waals surface area (Å²) in [5, 5.41) is 4.16. The Morgan fingerprint density at radius 2 is 2.12 bits per heavy atom. The molecule has 0 spiro atoms. The summed E-state index contributed by atoms with van der Waals surface area (Å²) in [6.45, 7) is 0.821. The second-order valence-electron chi connectivity index (χ2n) is 7.15. The Kier molecular flexibility index (Phi) is 4.81. The molecule has 3 heterocycles. The Hall–Kier alpha value is -2.17. The van der Waals surface area contributed by atoms with Crippen molar-refractivity contribution in [3.63, 3.8) is 0 Å². The van der Waals surface area contributed by atoms with Gasteiger partial charge in [0.25, 0.3) is 5.91 Å². The van der Waals surface area contributed by atoms with E-state index in [-0.39, 0.29) is 11.9 Å². The lowest BCUT2D eigenvalue weighted by Gasteiger charge is -2.35. The number of rotatable bonds is 4. The molecular weight excluding hydrogens is 314 g/mol. The summed E-state index contributed by atoms with van der Waals surface area (Å²) >= 11 is 0. The van der Waals surface area contributed by atoms with Crippen LogP contribution in [0, 0.1) is 0 Å². The summed E-state index contributed by atoms with van der Waals surface area (Å²) in [5.74, 6) is 0.542. The molecular formula is C20H25N3O2. The van der Waals surface area contributed by atoms with E-state index < -0.39 is 0 Å². The monoisotopic (exact) mass is 339 g/mol. The number of amides is 1. The fourth-order valence-corrected chi connectivity index (χ4v) is 4.12. The highest BCUT2D eigenvalue weighted by atomic mass is 16.5. The van der Waals surface area contributed by atoms with Crippen LogP contribution in [0.5, 0.6) is 0 Å². The van der Waals surface area contributed by atoms with E-state index >= 15 is 0 Å². The first-order valence-electron chi connectivity index (χ1n) is 9.51. The van der Waals surface area contributed by atoms with Crippen LogP contribution in [-0.2, 0) is 19.3 Å². The van der Waals surface area contributed by atoms with Crippen LogP contribution in [0.1, 0.15) is 66.0 Å². The van der Waals surface area contributed by atoms with Gasteiger partial charge in [-0.05, 0) is 69.9 Å². The maximum Gasteiger partial charge on any atom is 0.293 e. The number of hydrogen-bond donors (Lipinski definition) is 0. The Balaban J connectivity index is 1.48. The van der Waals surface area contributed by atoms with Gasteiger partial charge in [0, 0.05) is 30.0 Å². The van der Waals surface area contributed by atoms with Gasteiger partial charge in [-0.25, -0.2) is 0 Å². The Labute approximate surface area is 148 Å². The molecule has 2 aromatic heterocycles. The van der Waals surface area contributed by atoms with E-state index in [1.54, 1.807) is 0 Å². The van der Waals surface area contributed by atoms with Crippen molar-refractivity contribution in [1.82, 2.24) is 15.0 Å². The summed E-state index contributed by atoms with van der Waals surface area (Å²) in [5.41, 5.74) is 3.15. The number of piperidine rings is 1. The highest BCUT2D eigenvalue weighted by molar-refractivity contribution is 5.93. The Morgan fingerprint density at radius 3 is 3.00 bits per heavy atom. The molecule has 5 heteroatoms. The number of pyridine rings is 1. The van der Waals surface area contributed by atoms with Gasteiger partial charge in [-0.1, -0.05) is 11.2 Å². The van der Waals surface area contributed by atoms with Crippen molar-refractivity contribution in [2.24, 2.45) is 0 Å². The van der Waals surface area contributed by atoms with Gasteiger partial charge < -0.3 is 9.42 Å². The highest BCUT2D eigenvalue weighted by Crippen LogP contribution is 2.28. The number of fused-ring (bicyclic) bond motifs is 1. The van der Waals surface area contributed by atoms with Gasteiger partial charge in [-0.2, -0.15) is 0 Å². The zero-order valence-corrected chi connectivity index (χ0v) is 14.6. The van der Waals surface area contributed by atoms with Gasteiger partial charge in [0.2, 0.25) is 5.76 Å². The van der Waals surface area contributed by atoms with E-state index in [0.29, 0.717) is 5.76 Å². The Morgan fingerprint density at radius 1 is 1.20 bits per heavy atom. The van der Waals surface area contributed by atoms with Crippen LogP contribution in [0.3, 0.4) is 0 Å². The van der Waals surface area contributed by atoms with E-state index in [4.69, 9.17) is 4.52 Å². The van der Waals surface area contributed by atoms with Crippen molar-refractivity contribution in [1.29, 1.82) is 0 Å². The van der Waals surface area contributed by atoms with Crippen LogP contribution in [0.15, 0.2) is 28.9 Å². The Bertz CT molecular complexity index is 726. The van der Waals surface area contributed by atoms with E-state index in [0.717, 1.165) is 74.9 Å². The molecule has 1 amide bonds. The summed E-state index contributed by atoms with van der Waals surface area (Å²) in [7, 11) is 0. The molecule has 4 rings (SSSR count). The number of hydrogen-bond acceptors (Lipinski definition) is 4. The molecule has 0 radical (unpaired) electrons. The van der Waals surface area contributed by atoms with Crippen LogP contribution < -0.4 is 0 Å². The molecule has 0 saturated carbocycles. The molecule has 0 aromatic carbocycles.